The lowest BCUT2D eigenvalue weighted by molar-refractivity contribution is 0.0635. The number of benzene rings is 1. The number of aromatic amines is 1. The number of carbonyl (C=O) groups is 1. The van der Waals surface area contributed by atoms with Crippen LogP contribution in [-0.2, 0) is 4.74 Å². The summed E-state index contributed by atoms with van der Waals surface area (Å²) < 4.78 is 38.5. The Hall–Kier alpha value is -4.98. The maximum absolute atomic E-state index is 15.4. The number of pyridine rings is 2. The van der Waals surface area contributed by atoms with Gasteiger partial charge in [0.05, 0.1) is 34.2 Å². The van der Waals surface area contributed by atoms with Crippen LogP contribution in [0.4, 0.5) is 19.4 Å². The number of carbonyl (C=O) groups excluding carboxylic acids is 1. The highest BCUT2D eigenvalue weighted by molar-refractivity contribution is 6.31. The number of ether oxygens (including phenoxy) is 1. The van der Waals surface area contributed by atoms with Crippen LogP contribution < -0.4 is 10.9 Å². The molecule has 1 aromatic carbocycles. The van der Waals surface area contributed by atoms with Gasteiger partial charge in [0.1, 0.15) is 23.6 Å². The van der Waals surface area contributed by atoms with Crippen molar-refractivity contribution < 1.29 is 18.3 Å². The number of aromatic nitrogens is 8. The number of nitrogens with one attached hydrogen (secondary N) is 2. The van der Waals surface area contributed by atoms with E-state index in [-0.39, 0.29) is 39.3 Å². The molecule has 226 valence electrons. The van der Waals surface area contributed by atoms with Gasteiger partial charge < -0.3 is 14.3 Å². The zero-order valence-electron chi connectivity index (χ0n) is 24.0. The third-order valence-corrected chi connectivity index (χ3v) is 7.43. The van der Waals surface area contributed by atoms with Crippen molar-refractivity contribution in [2.24, 2.45) is 0 Å². The molecule has 1 aliphatic heterocycles. The van der Waals surface area contributed by atoms with E-state index in [9.17, 15) is 9.59 Å². The predicted molar refractivity (Wildman–Crippen MR) is 157 cm³/mol. The summed E-state index contributed by atoms with van der Waals surface area (Å²) in [5.41, 5.74) is 0.999. The highest BCUT2D eigenvalue weighted by Gasteiger charge is 2.33. The number of tetrazole rings is 1. The van der Waals surface area contributed by atoms with Gasteiger partial charge in [0, 0.05) is 17.3 Å². The Kier molecular flexibility index (Phi) is 7.24. The second-order valence-corrected chi connectivity index (χ2v) is 11.8. The van der Waals surface area contributed by atoms with Gasteiger partial charge in [-0.2, -0.15) is 9.07 Å². The van der Waals surface area contributed by atoms with Gasteiger partial charge in [-0.3, -0.25) is 10.1 Å². The number of hydrogen-bond acceptors (Lipinski definition) is 8. The molecule has 44 heavy (non-hydrogen) atoms. The number of nitrogens with zero attached hydrogens (tertiary/aromatic N) is 7. The number of anilines is 1. The van der Waals surface area contributed by atoms with E-state index in [4.69, 9.17) is 16.3 Å². The van der Waals surface area contributed by atoms with Crippen LogP contribution in [0, 0.1) is 11.8 Å². The van der Waals surface area contributed by atoms with Crippen LogP contribution in [0.15, 0.2) is 53.7 Å². The highest BCUT2D eigenvalue weighted by atomic mass is 35.5. The van der Waals surface area contributed by atoms with Crippen LogP contribution >= 0.6 is 11.6 Å². The summed E-state index contributed by atoms with van der Waals surface area (Å²) in [5.74, 6) is -1.47. The number of imidazole rings is 1. The van der Waals surface area contributed by atoms with Gasteiger partial charge in [-0.1, -0.05) is 18.5 Å². The second-order valence-electron chi connectivity index (χ2n) is 11.4. The van der Waals surface area contributed by atoms with Crippen LogP contribution in [-0.4, -0.2) is 51.4 Å². The molecule has 2 N–H and O–H groups in total. The van der Waals surface area contributed by atoms with Crippen molar-refractivity contribution >= 4 is 23.5 Å². The Morgan fingerprint density at radius 1 is 1.18 bits per heavy atom. The Labute approximate surface area is 254 Å². The molecule has 15 heteroatoms. The monoisotopic (exact) mass is 621 g/mol. The first-order chi connectivity index (χ1) is 20.9. The van der Waals surface area contributed by atoms with Crippen molar-refractivity contribution in [3.8, 4) is 28.2 Å². The molecule has 0 radical (unpaired) electrons. The number of halogens is 3. The maximum atomic E-state index is 15.4. The molecule has 4 aromatic heterocycles. The minimum absolute atomic E-state index is 0.0208. The average molecular weight is 622 g/mol. The van der Waals surface area contributed by atoms with Gasteiger partial charge in [-0.15, -0.1) is 5.10 Å². The van der Waals surface area contributed by atoms with Gasteiger partial charge >= 0.3 is 6.09 Å². The average Bonchev–Trinajstić information content (AvgIpc) is 3.70. The lowest BCUT2D eigenvalue weighted by atomic mass is 9.99. The molecule has 0 saturated carbocycles. The second kappa shape index (κ2) is 10.9. The van der Waals surface area contributed by atoms with E-state index in [1.807, 2.05) is 6.92 Å². The van der Waals surface area contributed by atoms with E-state index in [1.165, 1.54) is 35.3 Å². The summed E-state index contributed by atoms with van der Waals surface area (Å²) in [6.45, 7) is 7.09. The van der Waals surface area contributed by atoms with E-state index >= 15 is 8.78 Å². The number of fused-ring (bicyclic) bond motifs is 1. The van der Waals surface area contributed by atoms with Gasteiger partial charge in [0.15, 0.2) is 5.82 Å². The minimum Gasteiger partial charge on any atom is -0.444 e. The third-order valence-electron chi connectivity index (χ3n) is 7.14. The van der Waals surface area contributed by atoms with Gasteiger partial charge in [-0.05, 0) is 79.4 Å². The lowest BCUT2D eigenvalue weighted by Gasteiger charge is -2.19. The van der Waals surface area contributed by atoms with Crippen LogP contribution in [0.25, 0.3) is 28.2 Å². The first-order valence-electron chi connectivity index (χ1n) is 13.6. The predicted octanol–water partition coefficient (Wildman–Crippen LogP) is 5.65. The molecule has 0 spiro atoms. The van der Waals surface area contributed by atoms with E-state index in [0.29, 0.717) is 29.1 Å². The third kappa shape index (κ3) is 5.43. The molecule has 12 nitrogen and oxygen atoms in total. The summed E-state index contributed by atoms with van der Waals surface area (Å²) >= 11 is 6.12. The van der Waals surface area contributed by atoms with Crippen LogP contribution in [0.3, 0.4) is 0 Å². The number of amides is 1. The van der Waals surface area contributed by atoms with Crippen molar-refractivity contribution in [3.05, 3.63) is 87.5 Å². The molecule has 1 aliphatic rings. The van der Waals surface area contributed by atoms with E-state index < -0.39 is 29.5 Å². The Balaban J connectivity index is 1.31. The van der Waals surface area contributed by atoms with Crippen LogP contribution in [0.1, 0.15) is 57.5 Å². The molecule has 5 aromatic rings. The van der Waals surface area contributed by atoms with Crippen molar-refractivity contribution in [3.63, 3.8) is 0 Å². The van der Waals surface area contributed by atoms with E-state index in [1.54, 1.807) is 43.7 Å². The van der Waals surface area contributed by atoms with Gasteiger partial charge in [-0.25, -0.2) is 19.2 Å². The molecular weight excluding hydrogens is 596 g/mol. The maximum Gasteiger partial charge on any atom is 0.413 e. The first kappa shape index (κ1) is 29.1. The van der Waals surface area contributed by atoms with Gasteiger partial charge in [0.25, 0.3) is 5.56 Å². The Morgan fingerprint density at radius 3 is 2.68 bits per heavy atom. The number of hydrogen-bond donors (Lipinski definition) is 2. The molecule has 0 fully saturated rings. The van der Waals surface area contributed by atoms with Crippen LogP contribution in [0.5, 0.6) is 0 Å². The fourth-order valence-corrected chi connectivity index (χ4v) is 5.45. The summed E-state index contributed by atoms with van der Waals surface area (Å²) in [5, 5.41) is 13.4. The topological polar surface area (TPSA) is 146 Å². The molecular formula is C29H26ClF2N9O3. The van der Waals surface area contributed by atoms with Crippen molar-refractivity contribution in [2.75, 3.05) is 5.32 Å². The van der Waals surface area contributed by atoms with Crippen molar-refractivity contribution in [2.45, 2.75) is 51.7 Å². The summed E-state index contributed by atoms with van der Waals surface area (Å²) in [6, 6.07) is 8.50. The Morgan fingerprint density at radius 2 is 1.98 bits per heavy atom. The lowest BCUT2D eigenvalue weighted by Crippen LogP contribution is -2.27. The molecule has 0 bridgehead atoms. The number of rotatable bonds is 5. The highest BCUT2D eigenvalue weighted by Crippen LogP contribution is 2.41. The largest absolute Gasteiger partial charge is 0.444 e. The molecule has 0 aliphatic carbocycles. The minimum atomic E-state index is -0.858. The molecule has 2 unspecified atom stereocenters. The molecule has 0 saturated heterocycles. The van der Waals surface area contributed by atoms with Crippen molar-refractivity contribution in [1.82, 2.24) is 39.7 Å². The summed E-state index contributed by atoms with van der Waals surface area (Å²) in [4.78, 5) is 36.9. The SMILES string of the molecule is CC1CC(c2cnc(-c3ccc(NC(=O)OC(C)(C)C)nc3F)[nH]2)n2c1cc(-c1c(-n3cnnn3)ccc(Cl)c1F)cc2=O. The molecule has 5 heterocycles. The van der Waals surface area contributed by atoms with Gasteiger partial charge in [0.2, 0.25) is 5.95 Å². The number of H-pyrrole nitrogens is 1. The van der Waals surface area contributed by atoms with Crippen LogP contribution in [0.2, 0.25) is 5.02 Å². The fourth-order valence-electron chi connectivity index (χ4n) is 5.29. The zero-order valence-corrected chi connectivity index (χ0v) is 24.7. The molecule has 2 atom stereocenters. The molecule has 1 amide bonds. The molecule has 6 rings (SSSR count). The fraction of sp³-hybridized carbons (Fsp3) is 0.276. The summed E-state index contributed by atoms with van der Waals surface area (Å²) in [7, 11) is 0. The zero-order chi connectivity index (χ0) is 31.3. The van der Waals surface area contributed by atoms with Crippen molar-refractivity contribution in [1.29, 1.82) is 0 Å². The smallest absolute Gasteiger partial charge is 0.413 e. The van der Waals surface area contributed by atoms with E-state index in [0.717, 1.165) is 0 Å². The Bertz CT molecular complexity index is 1950. The first-order valence-corrected chi connectivity index (χ1v) is 14.0. The standard InChI is InChI=1S/C29H26ClF2N9O3/c1-14-9-21(18-12-33-27(35-18)16-5-8-22(36-26(16)32)37-28(43)44-29(2,3)4)41-20(14)10-15(11-23(41)42)24-19(40-13-34-38-39-40)7-6-17(30)25(24)31/h5-8,10-14,21H,9H2,1-4H3,(H,33,35)(H,36,37,43). The normalized spacial score (nSPS) is 16.2. The van der Waals surface area contributed by atoms with E-state index in [2.05, 4.69) is 35.8 Å². The quantitative estimate of drug-likeness (QED) is 0.239. The summed E-state index contributed by atoms with van der Waals surface area (Å²) in [6.07, 6.45) is 2.65.